The summed E-state index contributed by atoms with van der Waals surface area (Å²) in [5, 5.41) is 0. The molecule has 2 nitrogen and oxygen atoms in total. The minimum absolute atomic E-state index is 0.111. The first-order valence-corrected chi connectivity index (χ1v) is 7.61. The van der Waals surface area contributed by atoms with Gasteiger partial charge in [0.15, 0.2) is 17.5 Å². The molecule has 0 aromatic carbocycles. The van der Waals surface area contributed by atoms with Crippen molar-refractivity contribution in [2.75, 3.05) is 14.2 Å². The van der Waals surface area contributed by atoms with Crippen LogP contribution in [-0.4, -0.2) is 20.3 Å². The van der Waals surface area contributed by atoms with Crippen LogP contribution in [0.3, 0.4) is 0 Å². The molecule has 0 aromatic heterocycles. The van der Waals surface area contributed by atoms with E-state index in [2.05, 4.69) is 31.1 Å². The molecule has 0 N–H and O–H groups in total. The van der Waals surface area contributed by atoms with E-state index < -0.39 is 40.2 Å². The summed E-state index contributed by atoms with van der Waals surface area (Å²) in [7, 11) is 2.61. The first kappa shape index (κ1) is 23.7. The molecule has 0 aliphatic rings. The van der Waals surface area contributed by atoms with Crippen molar-refractivity contribution in [3.8, 4) is 0 Å². The predicted molar refractivity (Wildman–Crippen MR) is 96.9 cm³/mol. The lowest BCUT2D eigenvalue weighted by Gasteiger charge is -2.11. The molecule has 0 fully saturated rings. The van der Waals surface area contributed by atoms with Gasteiger partial charge in [0.25, 0.3) is 0 Å². The van der Waals surface area contributed by atoms with Gasteiger partial charge in [0.05, 0.1) is 13.2 Å². The van der Waals surface area contributed by atoms with Gasteiger partial charge < -0.3 is 9.47 Å². The van der Waals surface area contributed by atoms with Crippen molar-refractivity contribution in [3.63, 3.8) is 0 Å². The summed E-state index contributed by atoms with van der Waals surface area (Å²) in [6.45, 7) is 16.4. The number of methoxy groups -OCH3 is 2. The van der Waals surface area contributed by atoms with E-state index in [4.69, 9.17) is 4.74 Å². The SMILES string of the molecule is C=C(OC)/C(F)=C(/F)C(=C)C(=C)/C(F)=C(/F)C(=C)/C(C)=C/CC(C)OC. The van der Waals surface area contributed by atoms with Crippen LogP contribution < -0.4 is 0 Å². The van der Waals surface area contributed by atoms with Crippen molar-refractivity contribution in [2.45, 2.75) is 26.4 Å². The van der Waals surface area contributed by atoms with Crippen LogP contribution in [0.25, 0.3) is 0 Å². The molecule has 26 heavy (non-hydrogen) atoms. The largest absolute Gasteiger partial charge is 0.494 e. The molecule has 0 rings (SSSR count). The van der Waals surface area contributed by atoms with Crippen LogP contribution >= 0.6 is 0 Å². The van der Waals surface area contributed by atoms with Gasteiger partial charge in [-0.2, -0.15) is 4.39 Å². The van der Waals surface area contributed by atoms with E-state index in [0.29, 0.717) is 12.0 Å². The Balaban J connectivity index is 5.56. The molecular weight excluding hydrogens is 348 g/mol. The normalized spacial score (nSPS) is 14.8. The molecule has 0 radical (unpaired) electrons. The van der Waals surface area contributed by atoms with Gasteiger partial charge >= 0.3 is 0 Å². The third-order valence-corrected chi connectivity index (χ3v) is 3.67. The average Bonchev–Trinajstić information content (AvgIpc) is 2.66. The highest BCUT2D eigenvalue weighted by Crippen LogP contribution is 2.34. The molecule has 0 spiro atoms. The molecule has 1 atom stereocenters. The Bertz CT molecular complexity index is 697. The molecule has 0 saturated carbocycles. The summed E-state index contributed by atoms with van der Waals surface area (Å²) in [4.78, 5) is 0. The van der Waals surface area contributed by atoms with Crippen LogP contribution in [0.1, 0.15) is 20.3 Å². The van der Waals surface area contributed by atoms with E-state index in [1.165, 1.54) is 14.0 Å². The fraction of sp³-hybridized carbons (Fsp3) is 0.300. The van der Waals surface area contributed by atoms with Gasteiger partial charge in [-0.3, -0.25) is 0 Å². The Kier molecular flexibility index (Phi) is 9.65. The summed E-state index contributed by atoms with van der Waals surface area (Å²) >= 11 is 0. The number of hydrogen-bond acceptors (Lipinski definition) is 2. The molecule has 0 amide bonds. The first-order chi connectivity index (χ1) is 12.0. The van der Waals surface area contributed by atoms with Crippen LogP contribution in [0, 0.1) is 0 Å². The number of ether oxygens (including phenoxy) is 2. The van der Waals surface area contributed by atoms with Crippen LogP contribution in [-0.2, 0) is 9.47 Å². The molecule has 0 saturated heterocycles. The summed E-state index contributed by atoms with van der Waals surface area (Å²) in [6.07, 6.45) is 1.98. The molecule has 0 heterocycles. The predicted octanol–water partition coefficient (Wildman–Crippen LogP) is 6.49. The lowest BCUT2D eigenvalue weighted by Crippen LogP contribution is -2.03. The zero-order valence-corrected chi connectivity index (χ0v) is 15.5. The number of allylic oxidation sites excluding steroid dienone is 8. The maximum Gasteiger partial charge on any atom is 0.200 e. The van der Waals surface area contributed by atoms with E-state index in [1.807, 2.05) is 6.92 Å². The molecule has 0 aromatic rings. The van der Waals surface area contributed by atoms with Gasteiger partial charge in [-0.1, -0.05) is 32.4 Å². The van der Waals surface area contributed by atoms with Gasteiger partial charge in [-0.25, -0.2) is 13.2 Å². The van der Waals surface area contributed by atoms with Crippen molar-refractivity contribution >= 4 is 0 Å². The number of halogens is 4. The second kappa shape index (κ2) is 10.6. The van der Waals surface area contributed by atoms with Crippen LogP contribution in [0.4, 0.5) is 17.6 Å². The Labute approximate surface area is 152 Å². The zero-order valence-electron chi connectivity index (χ0n) is 15.5. The van der Waals surface area contributed by atoms with Crippen LogP contribution in [0.5, 0.6) is 0 Å². The second-order valence-electron chi connectivity index (χ2n) is 5.49. The molecule has 144 valence electrons. The smallest absolute Gasteiger partial charge is 0.200 e. The Hall–Kier alpha value is -2.34. The Morgan fingerprint density at radius 2 is 1.27 bits per heavy atom. The molecule has 0 aliphatic heterocycles. The average molecular weight is 372 g/mol. The Morgan fingerprint density at radius 1 is 0.846 bits per heavy atom. The molecule has 6 heteroatoms. The number of hydrogen-bond donors (Lipinski definition) is 0. The minimum atomic E-state index is -1.54. The van der Waals surface area contributed by atoms with Gasteiger partial charge in [0, 0.05) is 23.8 Å². The fourth-order valence-electron chi connectivity index (χ4n) is 1.61. The molecular formula is C20H24F4O2. The van der Waals surface area contributed by atoms with Gasteiger partial charge in [-0.05, 0) is 25.8 Å². The van der Waals surface area contributed by atoms with Gasteiger partial charge in [-0.15, -0.1) is 0 Å². The van der Waals surface area contributed by atoms with Crippen LogP contribution in [0.15, 0.2) is 83.8 Å². The third kappa shape index (κ3) is 6.19. The number of rotatable bonds is 10. The molecule has 0 bridgehead atoms. The van der Waals surface area contributed by atoms with Crippen molar-refractivity contribution in [1.82, 2.24) is 0 Å². The zero-order chi connectivity index (χ0) is 20.6. The highest BCUT2D eigenvalue weighted by Gasteiger charge is 2.22. The quantitative estimate of drug-likeness (QED) is 0.248. The summed E-state index contributed by atoms with van der Waals surface area (Å²) < 4.78 is 65.7. The maximum absolute atomic E-state index is 14.3. The van der Waals surface area contributed by atoms with Crippen molar-refractivity contribution in [3.05, 3.63) is 83.8 Å². The minimum Gasteiger partial charge on any atom is -0.494 e. The van der Waals surface area contributed by atoms with E-state index in [9.17, 15) is 17.6 Å². The van der Waals surface area contributed by atoms with Gasteiger partial charge in [0.2, 0.25) is 5.83 Å². The monoisotopic (exact) mass is 372 g/mol. The topological polar surface area (TPSA) is 18.5 Å². The Morgan fingerprint density at radius 3 is 1.69 bits per heavy atom. The van der Waals surface area contributed by atoms with Crippen molar-refractivity contribution in [1.29, 1.82) is 0 Å². The van der Waals surface area contributed by atoms with Crippen molar-refractivity contribution in [2.24, 2.45) is 0 Å². The van der Waals surface area contributed by atoms with E-state index in [1.54, 1.807) is 6.08 Å². The molecule has 0 aliphatic carbocycles. The summed E-state index contributed by atoms with van der Waals surface area (Å²) in [5.74, 6) is -6.46. The van der Waals surface area contributed by atoms with E-state index >= 15 is 0 Å². The maximum atomic E-state index is 14.3. The summed E-state index contributed by atoms with van der Waals surface area (Å²) in [6, 6.07) is 0. The lowest BCUT2D eigenvalue weighted by atomic mass is 10.0. The van der Waals surface area contributed by atoms with E-state index in [0.717, 1.165) is 7.11 Å². The highest BCUT2D eigenvalue weighted by atomic mass is 19.2. The van der Waals surface area contributed by atoms with E-state index in [-0.39, 0.29) is 11.7 Å². The first-order valence-electron chi connectivity index (χ1n) is 7.61. The third-order valence-electron chi connectivity index (χ3n) is 3.67. The highest BCUT2D eigenvalue weighted by molar-refractivity contribution is 5.55. The summed E-state index contributed by atoms with van der Waals surface area (Å²) in [5.41, 5.74) is -1.39. The second-order valence-corrected chi connectivity index (χ2v) is 5.49. The molecule has 1 unspecified atom stereocenters. The fourth-order valence-corrected chi connectivity index (χ4v) is 1.61. The van der Waals surface area contributed by atoms with Crippen molar-refractivity contribution < 1.29 is 27.0 Å². The van der Waals surface area contributed by atoms with Gasteiger partial charge in [0.1, 0.15) is 5.76 Å². The standard InChI is InChI=1S/C20H24F4O2/c1-11(9-10-12(2)25-7)13(3)17(21)18(22)14(4)15(5)19(23)20(24)16(6)26-8/h9,12H,3-6,10H2,1-2,7-8H3/b11-9+,18-17-,20-19-. The lowest BCUT2D eigenvalue weighted by molar-refractivity contribution is 0.121. The van der Waals surface area contributed by atoms with Crippen LogP contribution in [0.2, 0.25) is 0 Å².